The Hall–Kier alpha value is -3.65. The van der Waals surface area contributed by atoms with Gasteiger partial charge < -0.3 is 14.4 Å². The SMILES string of the molecule is C=CCOc1ccc(/C(O)=C2\C(=O)C(=O)N(c3cc(C)on3)[C@@H]2c2cccc(Br)c2)cc1. The van der Waals surface area contributed by atoms with Crippen molar-refractivity contribution in [1.82, 2.24) is 5.16 Å². The summed E-state index contributed by atoms with van der Waals surface area (Å²) < 4.78 is 11.4. The number of halogens is 1. The van der Waals surface area contributed by atoms with E-state index in [4.69, 9.17) is 9.26 Å². The molecule has 0 bridgehead atoms. The summed E-state index contributed by atoms with van der Waals surface area (Å²) in [6, 6.07) is 14.5. The van der Waals surface area contributed by atoms with E-state index in [1.165, 1.54) is 4.90 Å². The molecular formula is C24H19BrN2O5. The Labute approximate surface area is 192 Å². The van der Waals surface area contributed by atoms with E-state index in [0.29, 0.717) is 29.2 Å². The monoisotopic (exact) mass is 494 g/mol. The molecule has 0 radical (unpaired) electrons. The standard InChI is InChI=1S/C24H19BrN2O5/c1-3-11-31-18-9-7-15(8-10-18)22(28)20-21(16-5-4-6-17(25)13-16)27(24(30)23(20)29)19-12-14(2)32-26-19/h3-10,12-13,21,28H,1,11H2,2H3/b22-20+/t21-/m1/s1. The molecule has 1 aromatic heterocycles. The summed E-state index contributed by atoms with van der Waals surface area (Å²) in [7, 11) is 0. The molecule has 1 aliphatic rings. The Bertz CT molecular complexity index is 1230. The lowest BCUT2D eigenvalue weighted by molar-refractivity contribution is -0.132. The van der Waals surface area contributed by atoms with Crippen LogP contribution < -0.4 is 9.64 Å². The Morgan fingerprint density at radius 3 is 2.62 bits per heavy atom. The first-order valence-electron chi connectivity index (χ1n) is 9.74. The van der Waals surface area contributed by atoms with Gasteiger partial charge in [0.15, 0.2) is 5.82 Å². The van der Waals surface area contributed by atoms with Crippen LogP contribution in [0.25, 0.3) is 5.76 Å². The van der Waals surface area contributed by atoms with Gasteiger partial charge in [-0.05, 0) is 48.9 Å². The van der Waals surface area contributed by atoms with Gasteiger partial charge in [0.1, 0.15) is 23.9 Å². The molecule has 2 aromatic carbocycles. The van der Waals surface area contributed by atoms with Crippen molar-refractivity contribution >= 4 is 39.2 Å². The molecule has 0 unspecified atom stereocenters. The van der Waals surface area contributed by atoms with Gasteiger partial charge in [0.2, 0.25) is 0 Å². The first-order chi connectivity index (χ1) is 15.4. The maximum Gasteiger partial charge on any atom is 0.301 e. The molecule has 1 atom stereocenters. The third kappa shape index (κ3) is 3.97. The quantitative estimate of drug-likeness (QED) is 0.226. The van der Waals surface area contributed by atoms with Crippen LogP contribution in [0.15, 0.2) is 81.8 Å². The second-order valence-electron chi connectivity index (χ2n) is 7.14. The number of carbonyl (C=O) groups excluding carboxylic acids is 2. The summed E-state index contributed by atoms with van der Waals surface area (Å²) in [6.45, 7) is 5.64. The normalized spacial score (nSPS) is 17.6. The number of amides is 1. The first-order valence-corrected chi connectivity index (χ1v) is 10.5. The Balaban J connectivity index is 1.85. The van der Waals surface area contributed by atoms with Crippen LogP contribution in [-0.2, 0) is 9.59 Å². The number of ketones is 1. The number of aromatic nitrogens is 1. The average molecular weight is 495 g/mol. The van der Waals surface area contributed by atoms with Crippen LogP contribution in [-0.4, -0.2) is 28.6 Å². The molecule has 2 heterocycles. The second kappa shape index (κ2) is 8.84. The zero-order valence-corrected chi connectivity index (χ0v) is 18.7. The molecule has 1 amide bonds. The lowest BCUT2D eigenvalue weighted by Crippen LogP contribution is -2.29. The molecular weight excluding hydrogens is 476 g/mol. The fraction of sp³-hybridized carbons (Fsp3) is 0.125. The van der Waals surface area contributed by atoms with Crippen molar-refractivity contribution in [3.63, 3.8) is 0 Å². The van der Waals surface area contributed by atoms with Crippen LogP contribution in [0.4, 0.5) is 5.82 Å². The van der Waals surface area contributed by atoms with Crippen molar-refractivity contribution in [3.05, 3.63) is 94.2 Å². The number of aliphatic hydroxyl groups excluding tert-OH is 1. The predicted molar refractivity (Wildman–Crippen MR) is 122 cm³/mol. The maximum atomic E-state index is 13.1. The van der Waals surface area contributed by atoms with Gasteiger partial charge >= 0.3 is 5.91 Å². The molecule has 1 fully saturated rings. The molecule has 3 aromatic rings. The highest BCUT2D eigenvalue weighted by Crippen LogP contribution is 2.42. The number of hydrogen-bond donors (Lipinski definition) is 1. The van der Waals surface area contributed by atoms with Gasteiger partial charge in [-0.3, -0.25) is 14.5 Å². The Morgan fingerprint density at radius 1 is 1.25 bits per heavy atom. The number of anilines is 1. The summed E-state index contributed by atoms with van der Waals surface area (Å²) in [4.78, 5) is 27.3. The van der Waals surface area contributed by atoms with E-state index in [-0.39, 0.29) is 17.2 Å². The molecule has 1 aliphatic heterocycles. The Morgan fingerprint density at radius 2 is 2.00 bits per heavy atom. The minimum absolute atomic E-state index is 0.0338. The summed E-state index contributed by atoms with van der Waals surface area (Å²) in [5.74, 6) is -0.613. The van der Waals surface area contributed by atoms with Crippen molar-refractivity contribution in [2.24, 2.45) is 0 Å². The molecule has 32 heavy (non-hydrogen) atoms. The first kappa shape index (κ1) is 21.6. The van der Waals surface area contributed by atoms with Crippen LogP contribution in [0.2, 0.25) is 0 Å². The molecule has 1 saturated heterocycles. The van der Waals surface area contributed by atoms with Gasteiger partial charge in [0.05, 0.1) is 11.6 Å². The summed E-state index contributed by atoms with van der Waals surface area (Å²) in [6.07, 6.45) is 1.62. The highest BCUT2D eigenvalue weighted by Gasteiger charge is 2.48. The summed E-state index contributed by atoms with van der Waals surface area (Å²) >= 11 is 3.43. The molecule has 162 valence electrons. The zero-order chi connectivity index (χ0) is 22.8. The van der Waals surface area contributed by atoms with Crippen molar-refractivity contribution in [2.75, 3.05) is 11.5 Å². The number of hydrogen-bond acceptors (Lipinski definition) is 6. The Kier molecular flexibility index (Phi) is 5.96. The van der Waals surface area contributed by atoms with Crippen LogP contribution in [0.1, 0.15) is 22.9 Å². The summed E-state index contributed by atoms with van der Waals surface area (Å²) in [5.41, 5.74) is 0.977. The van der Waals surface area contributed by atoms with Crippen LogP contribution in [0, 0.1) is 6.92 Å². The lowest BCUT2D eigenvalue weighted by atomic mass is 9.95. The van der Waals surface area contributed by atoms with Crippen molar-refractivity contribution < 1.29 is 24.0 Å². The topological polar surface area (TPSA) is 92.9 Å². The number of aliphatic hydroxyl groups is 1. The number of rotatable bonds is 6. The van der Waals surface area contributed by atoms with Gasteiger partial charge in [-0.25, -0.2) is 0 Å². The van der Waals surface area contributed by atoms with E-state index in [1.54, 1.807) is 61.5 Å². The highest BCUT2D eigenvalue weighted by molar-refractivity contribution is 9.10. The molecule has 0 aliphatic carbocycles. The average Bonchev–Trinajstić information content (AvgIpc) is 3.33. The lowest BCUT2D eigenvalue weighted by Gasteiger charge is -2.23. The largest absolute Gasteiger partial charge is 0.507 e. The molecule has 0 spiro atoms. The van der Waals surface area contributed by atoms with Gasteiger partial charge in [-0.1, -0.05) is 45.9 Å². The highest BCUT2D eigenvalue weighted by atomic mass is 79.9. The fourth-order valence-corrected chi connectivity index (χ4v) is 3.96. The van der Waals surface area contributed by atoms with Gasteiger partial charge in [0.25, 0.3) is 5.78 Å². The number of aryl methyl sites for hydroxylation is 1. The minimum Gasteiger partial charge on any atom is -0.507 e. The smallest absolute Gasteiger partial charge is 0.301 e. The van der Waals surface area contributed by atoms with E-state index >= 15 is 0 Å². The number of benzene rings is 2. The summed E-state index contributed by atoms with van der Waals surface area (Å²) in [5, 5.41) is 15.0. The molecule has 1 N–H and O–H groups in total. The van der Waals surface area contributed by atoms with Crippen molar-refractivity contribution in [1.29, 1.82) is 0 Å². The molecule has 0 saturated carbocycles. The van der Waals surface area contributed by atoms with E-state index in [1.807, 2.05) is 6.07 Å². The van der Waals surface area contributed by atoms with Crippen LogP contribution >= 0.6 is 15.9 Å². The van der Waals surface area contributed by atoms with E-state index in [9.17, 15) is 14.7 Å². The van der Waals surface area contributed by atoms with Crippen molar-refractivity contribution in [3.8, 4) is 5.75 Å². The third-order valence-electron chi connectivity index (χ3n) is 4.97. The van der Waals surface area contributed by atoms with E-state index in [0.717, 1.165) is 4.47 Å². The maximum absolute atomic E-state index is 13.1. The van der Waals surface area contributed by atoms with Crippen LogP contribution in [0.5, 0.6) is 5.75 Å². The number of carbonyl (C=O) groups is 2. The minimum atomic E-state index is -0.881. The van der Waals surface area contributed by atoms with Gasteiger partial charge in [0, 0.05) is 16.1 Å². The van der Waals surface area contributed by atoms with Crippen molar-refractivity contribution in [2.45, 2.75) is 13.0 Å². The van der Waals surface area contributed by atoms with E-state index < -0.39 is 17.7 Å². The van der Waals surface area contributed by atoms with E-state index in [2.05, 4.69) is 27.7 Å². The van der Waals surface area contributed by atoms with Gasteiger partial charge in [-0.2, -0.15) is 0 Å². The number of ether oxygens (including phenoxy) is 1. The third-order valence-corrected chi connectivity index (χ3v) is 5.46. The predicted octanol–water partition coefficient (Wildman–Crippen LogP) is 4.94. The molecule has 8 heteroatoms. The number of nitrogens with zero attached hydrogens (tertiary/aromatic N) is 2. The molecule has 7 nitrogen and oxygen atoms in total. The second-order valence-corrected chi connectivity index (χ2v) is 8.06. The fourth-order valence-electron chi connectivity index (χ4n) is 3.55. The molecule has 4 rings (SSSR count). The van der Waals surface area contributed by atoms with Gasteiger partial charge in [-0.15, -0.1) is 0 Å². The number of Topliss-reactive ketones (excluding diaryl/α,β-unsaturated/α-hetero) is 1. The zero-order valence-electron chi connectivity index (χ0n) is 17.1. The van der Waals surface area contributed by atoms with Crippen LogP contribution in [0.3, 0.4) is 0 Å².